The maximum absolute atomic E-state index is 3.94. The predicted molar refractivity (Wildman–Crippen MR) is 83.3 cm³/mol. The highest BCUT2D eigenvalue weighted by Gasteiger charge is 2.23. The van der Waals surface area contributed by atoms with Gasteiger partial charge in [-0.25, -0.2) is 0 Å². The van der Waals surface area contributed by atoms with E-state index in [1.54, 1.807) is 0 Å². The predicted octanol–water partition coefficient (Wildman–Crippen LogP) is 5.09. The van der Waals surface area contributed by atoms with Crippen LogP contribution < -0.4 is 5.32 Å². The van der Waals surface area contributed by atoms with Gasteiger partial charge in [0.25, 0.3) is 0 Å². The third-order valence-corrected chi connectivity index (χ3v) is 4.58. The molecule has 1 aromatic rings. The minimum absolute atomic E-state index is 0.548. The molecular formula is C18H29N. The fraction of sp³-hybridized carbons (Fsp3) is 0.667. The molecule has 106 valence electrons. The van der Waals surface area contributed by atoms with Crippen LogP contribution in [0.3, 0.4) is 0 Å². The molecule has 1 aliphatic carbocycles. The largest absolute Gasteiger partial charge is 0.307 e. The minimum Gasteiger partial charge on any atom is -0.307 e. The highest BCUT2D eigenvalue weighted by Crippen LogP contribution is 2.29. The van der Waals surface area contributed by atoms with Crippen LogP contribution in [-0.4, -0.2) is 6.04 Å². The smallest absolute Gasteiger partial charge is 0.0322 e. The van der Waals surface area contributed by atoms with Crippen molar-refractivity contribution in [3.8, 4) is 0 Å². The number of hydrogen-bond acceptors (Lipinski definition) is 1. The van der Waals surface area contributed by atoms with E-state index in [0.29, 0.717) is 6.04 Å². The molecule has 0 saturated heterocycles. The van der Waals surface area contributed by atoms with Crippen molar-refractivity contribution in [2.75, 3.05) is 0 Å². The summed E-state index contributed by atoms with van der Waals surface area (Å²) in [5.41, 5.74) is 1.46. The number of rotatable bonds is 6. The van der Waals surface area contributed by atoms with Gasteiger partial charge in [0.1, 0.15) is 0 Å². The topological polar surface area (TPSA) is 12.0 Å². The summed E-state index contributed by atoms with van der Waals surface area (Å²) in [7, 11) is 0. The zero-order chi connectivity index (χ0) is 13.5. The molecule has 1 aliphatic rings. The Kier molecular flexibility index (Phi) is 5.91. The van der Waals surface area contributed by atoms with Crippen molar-refractivity contribution in [2.24, 2.45) is 5.92 Å². The SMILES string of the molecule is CCCC(NC1CCCC(CC)C1)c1ccccc1. The molecule has 0 spiro atoms. The molecule has 0 aromatic heterocycles. The lowest BCUT2D eigenvalue weighted by molar-refractivity contribution is 0.258. The third kappa shape index (κ3) is 4.35. The lowest BCUT2D eigenvalue weighted by atomic mass is 9.83. The highest BCUT2D eigenvalue weighted by molar-refractivity contribution is 5.19. The Hall–Kier alpha value is -0.820. The normalized spacial score (nSPS) is 25.2. The zero-order valence-electron chi connectivity index (χ0n) is 12.6. The number of hydrogen-bond donors (Lipinski definition) is 1. The first kappa shape index (κ1) is 14.6. The van der Waals surface area contributed by atoms with Crippen LogP contribution in [0.1, 0.15) is 70.4 Å². The summed E-state index contributed by atoms with van der Waals surface area (Å²) in [5.74, 6) is 0.948. The van der Waals surface area contributed by atoms with Crippen LogP contribution in [0.15, 0.2) is 30.3 Å². The molecule has 2 rings (SSSR count). The molecule has 0 heterocycles. The van der Waals surface area contributed by atoms with E-state index in [9.17, 15) is 0 Å². The van der Waals surface area contributed by atoms with Gasteiger partial charge in [0.15, 0.2) is 0 Å². The van der Waals surface area contributed by atoms with Gasteiger partial charge in [0, 0.05) is 12.1 Å². The van der Waals surface area contributed by atoms with Gasteiger partial charge in [-0.15, -0.1) is 0 Å². The van der Waals surface area contributed by atoms with Gasteiger partial charge in [0.05, 0.1) is 0 Å². The van der Waals surface area contributed by atoms with Crippen LogP contribution in [0.5, 0.6) is 0 Å². The zero-order valence-corrected chi connectivity index (χ0v) is 12.6. The Labute approximate surface area is 118 Å². The second-order valence-electron chi connectivity index (χ2n) is 6.06. The molecule has 0 bridgehead atoms. The molecule has 1 nitrogen and oxygen atoms in total. The quantitative estimate of drug-likeness (QED) is 0.750. The summed E-state index contributed by atoms with van der Waals surface area (Å²) < 4.78 is 0. The van der Waals surface area contributed by atoms with E-state index in [-0.39, 0.29) is 0 Å². The molecule has 0 aliphatic heterocycles. The summed E-state index contributed by atoms with van der Waals surface area (Å²) in [6, 6.07) is 12.3. The van der Waals surface area contributed by atoms with E-state index in [1.165, 1.54) is 50.5 Å². The fourth-order valence-electron chi connectivity index (χ4n) is 3.42. The Morgan fingerprint density at radius 2 is 1.95 bits per heavy atom. The van der Waals surface area contributed by atoms with Crippen molar-refractivity contribution >= 4 is 0 Å². The molecule has 0 amide bonds. The highest BCUT2D eigenvalue weighted by atomic mass is 15.0. The second-order valence-corrected chi connectivity index (χ2v) is 6.06. The van der Waals surface area contributed by atoms with Crippen LogP contribution in [0, 0.1) is 5.92 Å². The standard InChI is InChI=1S/C18H29N/c1-3-9-18(16-11-6-5-7-12-16)19-17-13-8-10-15(4-2)14-17/h5-7,11-12,15,17-19H,3-4,8-10,13-14H2,1-2H3. The third-order valence-electron chi connectivity index (χ3n) is 4.58. The first-order valence-corrected chi connectivity index (χ1v) is 8.14. The monoisotopic (exact) mass is 259 g/mol. The van der Waals surface area contributed by atoms with E-state index < -0.39 is 0 Å². The molecule has 3 unspecified atom stereocenters. The van der Waals surface area contributed by atoms with Gasteiger partial charge < -0.3 is 5.32 Å². The Morgan fingerprint density at radius 1 is 1.16 bits per heavy atom. The molecule has 1 heteroatoms. The minimum atomic E-state index is 0.548. The summed E-state index contributed by atoms with van der Waals surface area (Å²) in [4.78, 5) is 0. The van der Waals surface area contributed by atoms with Crippen molar-refractivity contribution in [1.82, 2.24) is 5.32 Å². The Balaban J connectivity index is 1.96. The lowest BCUT2D eigenvalue weighted by Gasteiger charge is -2.32. The van der Waals surface area contributed by atoms with Crippen molar-refractivity contribution < 1.29 is 0 Å². The maximum Gasteiger partial charge on any atom is 0.0322 e. The molecule has 1 saturated carbocycles. The van der Waals surface area contributed by atoms with Gasteiger partial charge in [-0.3, -0.25) is 0 Å². The number of nitrogens with one attached hydrogen (secondary N) is 1. The van der Waals surface area contributed by atoms with Crippen molar-refractivity contribution in [1.29, 1.82) is 0 Å². The van der Waals surface area contributed by atoms with Crippen LogP contribution in [-0.2, 0) is 0 Å². The molecule has 1 fully saturated rings. The van der Waals surface area contributed by atoms with Crippen molar-refractivity contribution in [3.63, 3.8) is 0 Å². The average molecular weight is 259 g/mol. The molecule has 19 heavy (non-hydrogen) atoms. The van der Waals surface area contributed by atoms with E-state index in [4.69, 9.17) is 0 Å². The summed E-state index contributed by atoms with van der Waals surface area (Å²) in [6.07, 6.45) is 9.44. The summed E-state index contributed by atoms with van der Waals surface area (Å²) in [5, 5.41) is 3.94. The van der Waals surface area contributed by atoms with Crippen LogP contribution in [0.2, 0.25) is 0 Å². The van der Waals surface area contributed by atoms with Crippen molar-refractivity contribution in [2.45, 2.75) is 70.9 Å². The van der Waals surface area contributed by atoms with Gasteiger partial charge in [0.2, 0.25) is 0 Å². The average Bonchev–Trinajstić information content (AvgIpc) is 2.48. The number of benzene rings is 1. The van der Waals surface area contributed by atoms with Crippen LogP contribution in [0.25, 0.3) is 0 Å². The van der Waals surface area contributed by atoms with Gasteiger partial charge in [-0.2, -0.15) is 0 Å². The lowest BCUT2D eigenvalue weighted by Crippen LogP contribution is -2.36. The van der Waals surface area contributed by atoms with Crippen LogP contribution >= 0.6 is 0 Å². The van der Waals surface area contributed by atoms with E-state index in [2.05, 4.69) is 49.5 Å². The van der Waals surface area contributed by atoms with E-state index >= 15 is 0 Å². The Morgan fingerprint density at radius 3 is 2.63 bits per heavy atom. The molecule has 3 atom stereocenters. The second kappa shape index (κ2) is 7.69. The van der Waals surface area contributed by atoms with Gasteiger partial charge >= 0.3 is 0 Å². The van der Waals surface area contributed by atoms with Gasteiger partial charge in [-0.1, -0.05) is 69.9 Å². The van der Waals surface area contributed by atoms with Gasteiger partial charge in [-0.05, 0) is 30.7 Å². The summed E-state index contributed by atoms with van der Waals surface area (Å²) >= 11 is 0. The first-order chi connectivity index (χ1) is 9.33. The van der Waals surface area contributed by atoms with Crippen molar-refractivity contribution in [3.05, 3.63) is 35.9 Å². The van der Waals surface area contributed by atoms with E-state index in [1.807, 2.05) is 0 Å². The van der Waals surface area contributed by atoms with Crippen LogP contribution in [0.4, 0.5) is 0 Å². The maximum atomic E-state index is 3.94. The first-order valence-electron chi connectivity index (χ1n) is 8.14. The Bertz CT molecular complexity index is 346. The fourth-order valence-corrected chi connectivity index (χ4v) is 3.42. The molecular weight excluding hydrogens is 230 g/mol. The summed E-state index contributed by atoms with van der Waals surface area (Å²) in [6.45, 7) is 4.63. The molecule has 0 radical (unpaired) electrons. The molecule has 1 N–H and O–H groups in total. The molecule has 1 aromatic carbocycles. The van der Waals surface area contributed by atoms with E-state index in [0.717, 1.165) is 12.0 Å².